The van der Waals surface area contributed by atoms with Crippen molar-refractivity contribution in [1.82, 2.24) is 10.6 Å². The standard InChI is InChI=1S/C29H29N3O5/c1-29(2,3)31-28(35)25(17-12-20-7-5-4-6-8-20)30-27(34)23-14-18-26(32(36)37)22(19-23)13-9-21-10-15-24(33)16-11-21/h4-8,10-11,14-16,18-19,25,33H,12,17H2,1-3H3,(H,30,34)(H,31,35). The molecular formula is C29H29N3O5. The van der Waals surface area contributed by atoms with E-state index in [1.54, 1.807) is 12.1 Å². The summed E-state index contributed by atoms with van der Waals surface area (Å²) >= 11 is 0. The van der Waals surface area contributed by atoms with Gasteiger partial charge < -0.3 is 15.7 Å². The predicted molar refractivity (Wildman–Crippen MR) is 141 cm³/mol. The predicted octanol–water partition coefficient (Wildman–Crippen LogP) is 4.35. The number of hydrogen-bond donors (Lipinski definition) is 3. The second-order valence-electron chi connectivity index (χ2n) is 9.58. The van der Waals surface area contributed by atoms with E-state index in [2.05, 4.69) is 22.5 Å². The largest absolute Gasteiger partial charge is 0.508 e. The number of nitrogens with zero attached hydrogens (tertiary/aromatic N) is 1. The maximum atomic E-state index is 13.1. The van der Waals surface area contributed by atoms with Gasteiger partial charge in [0.1, 0.15) is 17.4 Å². The molecule has 37 heavy (non-hydrogen) atoms. The highest BCUT2D eigenvalue weighted by molar-refractivity contribution is 5.98. The number of phenols is 1. The van der Waals surface area contributed by atoms with Crippen molar-refractivity contribution in [3.05, 3.63) is 105 Å². The molecule has 8 heteroatoms. The molecule has 3 N–H and O–H groups in total. The van der Waals surface area contributed by atoms with E-state index in [0.717, 1.165) is 5.56 Å². The molecule has 8 nitrogen and oxygen atoms in total. The van der Waals surface area contributed by atoms with Gasteiger partial charge in [-0.2, -0.15) is 0 Å². The van der Waals surface area contributed by atoms with E-state index < -0.39 is 22.4 Å². The molecule has 0 radical (unpaired) electrons. The van der Waals surface area contributed by atoms with Gasteiger partial charge in [0, 0.05) is 22.7 Å². The van der Waals surface area contributed by atoms with Crippen molar-refractivity contribution < 1.29 is 19.6 Å². The molecule has 0 aliphatic rings. The fraction of sp³-hybridized carbons (Fsp3) is 0.241. The second-order valence-corrected chi connectivity index (χ2v) is 9.58. The Morgan fingerprint density at radius 3 is 2.30 bits per heavy atom. The van der Waals surface area contributed by atoms with Crippen LogP contribution in [-0.4, -0.2) is 33.4 Å². The molecule has 1 unspecified atom stereocenters. The van der Waals surface area contributed by atoms with Crippen molar-refractivity contribution in [2.45, 2.75) is 45.2 Å². The number of nitro groups is 1. The smallest absolute Gasteiger partial charge is 0.284 e. The molecular weight excluding hydrogens is 470 g/mol. The first-order chi connectivity index (χ1) is 17.5. The van der Waals surface area contributed by atoms with Gasteiger partial charge in [-0.1, -0.05) is 42.2 Å². The van der Waals surface area contributed by atoms with Crippen LogP contribution in [0.5, 0.6) is 5.75 Å². The van der Waals surface area contributed by atoms with Crippen molar-refractivity contribution in [3.8, 4) is 17.6 Å². The fourth-order valence-electron chi connectivity index (χ4n) is 3.54. The summed E-state index contributed by atoms with van der Waals surface area (Å²) in [6, 6.07) is 18.8. The van der Waals surface area contributed by atoms with Gasteiger partial charge in [0.05, 0.1) is 4.92 Å². The number of rotatable bonds is 7. The van der Waals surface area contributed by atoms with Gasteiger partial charge in [-0.3, -0.25) is 19.7 Å². The average Bonchev–Trinajstić information content (AvgIpc) is 2.85. The molecule has 0 bridgehead atoms. The van der Waals surface area contributed by atoms with Crippen molar-refractivity contribution in [2.24, 2.45) is 0 Å². The topological polar surface area (TPSA) is 122 Å². The van der Waals surface area contributed by atoms with Crippen LogP contribution in [0.2, 0.25) is 0 Å². The molecule has 0 heterocycles. The molecule has 2 amide bonds. The number of nitro benzene ring substituents is 1. The van der Waals surface area contributed by atoms with Crippen LogP contribution in [0.3, 0.4) is 0 Å². The van der Waals surface area contributed by atoms with Crippen LogP contribution in [0.1, 0.15) is 54.2 Å². The maximum absolute atomic E-state index is 13.1. The van der Waals surface area contributed by atoms with Crippen molar-refractivity contribution in [1.29, 1.82) is 0 Å². The lowest BCUT2D eigenvalue weighted by Crippen LogP contribution is -2.52. The summed E-state index contributed by atoms with van der Waals surface area (Å²) in [5.41, 5.74) is 1.06. The Morgan fingerprint density at radius 1 is 1.00 bits per heavy atom. The Morgan fingerprint density at radius 2 is 1.68 bits per heavy atom. The van der Waals surface area contributed by atoms with Gasteiger partial charge >= 0.3 is 0 Å². The van der Waals surface area contributed by atoms with Crippen LogP contribution in [0.15, 0.2) is 72.8 Å². The zero-order valence-corrected chi connectivity index (χ0v) is 20.9. The lowest BCUT2D eigenvalue weighted by molar-refractivity contribution is -0.385. The van der Waals surface area contributed by atoms with E-state index in [1.165, 1.54) is 30.3 Å². The summed E-state index contributed by atoms with van der Waals surface area (Å²) in [5, 5.41) is 26.6. The Labute approximate surface area is 215 Å². The van der Waals surface area contributed by atoms with Crippen LogP contribution < -0.4 is 10.6 Å². The monoisotopic (exact) mass is 499 g/mol. The fourth-order valence-corrected chi connectivity index (χ4v) is 3.54. The number of carbonyl (C=O) groups is 2. The molecule has 3 rings (SSSR count). The number of amides is 2. The lowest BCUT2D eigenvalue weighted by Gasteiger charge is -2.25. The van der Waals surface area contributed by atoms with E-state index in [4.69, 9.17) is 0 Å². The number of hydrogen-bond acceptors (Lipinski definition) is 5. The summed E-state index contributed by atoms with van der Waals surface area (Å²) < 4.78 is 0. The summed E-state index contributed by atoms with van der Waals surface area (Å²) in [6.45, 7) is 5.57. The molecule has 0 aliphatic heterocycles. The van der Waals surface area contributed by atoms with Gasteiger partial charge in [-0.05, 0) is 75.6 Å². The Bertz CT molecular complexity index is 1330. The average molecular weight is 500 g/mol. The molecule has 0 saturated carbocycles. The van der Waals surface area contributed by atoms with Gasteiger partial charge in [0.25, 0.3) is 11.6 Å². The van der Waals surface area contributed by atoms with E-state index in [1.807, 2.05) is 51.1 Å². The first-order valence-corrected chi connectivity index (χ1v) is 11.8. The zero-order chi connectivity index (χ0) is 27.0. The van der Waals surface area contributed by atoms with Crippen LogP contribution in [0, 0.1) is 22.0 Å². The molecule has 0 spiro atoms. The van der Waals surface area contributed by atoms with Crippen LogP contribution in [-0.2, 0) is 11.2 Å². The lowest BCUT2D eigenvalue weighted by atomic mass is 10.0. The second kappa shape index (κ2) is 11.9. The third kappa shape index (κ3) is 8.22. The maximum Gasteiger partial charge on any atom is 0.284 e. The van der Waals surface area contributed by atoms with Gasteiger partial charge in [-0.25, -0.2) is 0 Å². The summed E-state index contributed by atoms with van der Waals surface area (Å²) in [5.74, 6) is 4.78. The van der Waals surface area contributed by atoms with E-state index >= 15 is 0 Å². The van der Waals surface area contributed by atoms with Crippen LogP contribution >= 0.6 is 0 Å². The number of carbonyl (C=O) groups excluding carboxylic acids is 2. The first kappa shape index (κ1) is 27.0. The van der Waals surface area contributed by atoms with Gasteiger partial charge in [0.15, 0.2) is 0 Å². The molecule has 1 atom stereocenters. The highest BCUT2D eigenvalue weighted by Gasteiger charge is 2.25. The highest BCUT2D eigenvalue weighted by atomic mass is 16.6. The molecule has 3 aromatic rings. The Balaban J connectivity index is 1.85. The first-order valence-electron chi connectivity index (χ1n) is 11.8. The van der Waals surface area contributed by atoms with E-state index in [-0.39, 0.29) is 28.5 Å². The zero-order valence-electron chi connectivity index (χ0n) is 20.9. The minimum absolute atomic E-state index is 0.0608. The molecule has 0 fully saturated rings. The molecule has 190 valence electrons. The van der Waals surface area contributed by atoms with Crippen molar-refractivity contribution in [3.63, 3.8) is 0 Å². The Hall–Kier alpha value is -4.64. The third-order valence-corrected chi connectivity index (χ3v) is 5.35. The van der Waals surface area contributed by atoms with Crippen LogP contribution in [0.4, 0.5) is 5.69 Å². The number of phenolic OH excluding ortho intramolecular Hbond substituents is 1. The number of nitrogens with one attached hydrogen (secondary N) is 2. The quantitative estimate of drug-likeness (QED) is 0.254. The normalized spacial score (nSPS) is 11.5. The number of benzene rings is 3. The minimum atomic E-state index is -0.811. The van der Waals surface area contributed by atoms with Crippen molar-refractivity contribution in [2.75, 3.05) is 0 Å². The summed E-state index contributed by atoms with van der Waals surface area (Å²) in [6.07, 6.45) is 0.950. The summed E-state index contributed by atoms with van der Waals surface area (Å²) in [7, 11) is 0. The highest BCUT2D eigenvalue weighted by Crippen LogP contribution is 2.20. The molecule has 0 saturated heterocycles. The van der Waals surface area contributed by atoms with Crippen molar-refractivity contribution >= 4 is 17.5 Å². The SMILES string of the molecule is CC(C)(C)NC(=O)C(CCc1ccccc1)NC(=O)c1ccc([N+](=O)[O-])c(C#Cc2ccc(O)cc2)c1. The molecule has 0 aliphatic carbocycles. The van der Waals surface area contributed by atoms with E-state index in [0.29, 0.717) is 18.4 Å². The third-order valence-electron chi connectivity index (χ3n) is 5.35. The minimum Gasteiger partial charge on any atom is -0.508 e. The van der Waals surface area contributed by atoms with Gasteiger partial charge in [0.2, 0.25) is 5.91 Å². The Kier molecular flexibility index (Phi) is 8.64. The molecule has 0 aromatic heterocycles. The molecule has 3 aromatic carbocycles. The van der Waals surface area contributed by atoms with Gasteiger partial charge in [-0.15, -0.1) is 0 Å². The number of aromatic hydroxyl groups is 1. The summed E-state index contributed by atoms with van der Waals surface area (Å²) in [4.78, 5) is 37.1. The van der Waals surface area contributed by atoms with E-state index in [9.17, 15) is 24.8 Å². The number of aryl methyl sites for hydroxylation is 1. The van der Waals surface area contributed by atoms with Crippen LogP contribution in [0.25, 0.3) is 0 Å².